The molecule has 8 heteroatoms. The largest absolute Gasteiger partial charge is 0.467 e. The minimum Gasteiger partial charge on any atom is -0.467 e. The van der Waals surface area contributed by atoms with Gasteiger partial charge in [-0.3, -0.25) is 9.79 Å². The van der Waals surface area contributed by atoms with Crippen LogP contribution in [0.15, 0.2) is 52.1 Å². The van der Waals surface area contributed by atoms with Gasteiger partial charge in [0, 0.05) is 38.9 Å². The highest BCUT2D eigenvalue weighted by Gasteiger charge is 2.04. The van der Waals surface area contributed by atoms with Crippen LogP contribution in [0.25, 0.3) is 0 Å². The lowest BCUT2D eigenvalue weighted by Gasteiger charge is -2.12. The number of halogens is 1. The van der Waals surface area contributed by atoms with Crippen LogP contribution >= 0.6 is 24.0 Å². The van der Waals surface area contributed by atoms with Gasteiger partial charge in [-0.25, -0.2) is 0 Å². The Morgan fingerprint density at radius 3 is 2.61 bits per heavy atom. The molecule has 2 rings (SSSR count). The summed E-state index contributed by atoms with van der Waals surface area (Å²) in [5.41, 5.74) is 1.74. The Labute approximate surface area is 183 Å². The number of carbonyl (C=O) groups excluding carboxylic acids is 1. The Morgan fingerprint density at radius 2 is 1.89 bits per heavy atom. The third-order valence-corrected chi connectivity index (χ3v) is 3.79. The van der Waals surface area contributed by atoms with Gasteiger partial charge in [0.15, 0.2) is 5.96 Å². The van der Waals surface area contributed by atoms with Crippen LogP contribution in [-0.4, -0.2) is 45.2 Å². The van der Waals surface area contributed by atoms with Crippen LogP contribution in [0, 0.1) is 6.92 Å². The highest BCUT2D eigenvalue weighted by Crippen LogP contribution is 2.03. The van der Waals surface area contributed by atoms with Gasteiger partial charge in [0.05, 0.1) is 6.26 Å². The molecule has 2 aromatic rings. The number of aliphatic imine (C=N–C) groups is 1. The van der Waals surface area contributed by atoms with Gasteiger partial charge in [0.25, 0.3) is 5.91 Å². The second-order valence-corrected chi connectivity index (χ2v) is 6.04. The zero-order chi connectivity index (χ0) is 19.3. The van der Waals surface area contributed by atoms with Crippen LogP contribution in [-0.2, 0) is 11.3 Å². The van der Waals surface area contributed by atoms with Crippen LogP contribution < -0.4 is 16.0 Å². The molecule has 7 nitrogen and oxygen atoms in total. The number of aryl methyl sites for hydroxylation is 1. The van der Waals surface area contributed by atoms with Crippen molar-refractivity contribution in [2.75, 3.05) is 33.3 Å². The summed E-state index contributed by atoms with van der Waals surface area (Å²) in [6.07, 6.45) is 2.49. The second kappa shape index (κ2) is 14.0. The third kappa shape index (κ3) is 9.23. The molecular weight excluding hydrogens is 471 g/mol. The fraction of sp³-hybridized carbons (Fsp3) is 0.400. The van der Waals surface area contributed by atoms with Crippen LogP contribution in [0.3, 0.4) is 0 Å². The lowest BCUT2D eigenvalue weighted by atomic mass is 10.1. The van der Waals surface area contributed by atoms with E-state index in [4.69, 9.17) is 9.15 Å². The Kier molecular flexibility index (Phi) is 12.0. The van der Waals surface area contributed by atoms with E-state index in [1.54, 1.807) is 13.3 Å². The molecule has 28 heavy (non-hydrogen) atoms. The average Bonchev–Trinajstić information content (AvgIpc) is 3.19. The molecule has 0 aliphatic rings. The van der Waals surface area contributed by atoms with Gasteiger partial charge in [-0.05, 0) is 37.6 Å². The fourth-order valence-corrected chi connectivity index (χ4v) is 2.41. The normalized spacial score (nSPS) is 10.9. The maximum atomic E-state index is 12.1. The van der Waals surface area contributed by atoms with Crippen molar-refractivity contribution >= 4 is 35.8 Å². The number of carbonyl (C=O) groups is 1. The molecular formula is C20H29IN4O3. The van der Waals surface area contributed by atoms with Crippen LogP contribution in [0.1, 0.15) is 28.1 Å². The molecule has 0 fully saturated rings. The lowest BCUT2D eigenvalue weighted by Crippen LogP contribution is -2.42. The summed E-state index contributed by atoms with van der Waals surface area (Å²) in [7, 11) is 1.72. The van der Waals surface area contributed by atoms with Gasteiger partial charge in [0.2, 0.25) is 0 Å². The van der Waals surface area contributed by atoms with Gasteiger partial charge in [-0.1, -0.05) is 17.7 Å². The van der Waals surface area contributed by atoms with Gasteiger partial charge < -0.3 is 25.1 Å². The molecule has 0 saturated carbocycles. The smallest absolute Gasteiger partial charge is 0.251 e. The number of hydrogen-bond donors (Lipinski definition) is 3. The minimum atomic E-state index is -0.0721. The first-order valence-electron chi connectivity index (χ1n) is 9.08. The van der Waals surface area contributed by atoms with E-state index in [9.17, 15) is 4.79 Å². The van der Waals surface area contributed by atoms with Crippen LogP contribution in [0.5, 0.6) is 0 Å². The molecule has 154 valence electrons. The quantitative estimate of drug-likeness (QED) is 0.202. The summed E-state index contributed by atoms with van der Waals surface area (Å²) >= 11 is 0. The Balaban J connectivity index is 0.00000392. The maximum Gasteiger partial charge on any atom is 0.251 e. The van der Waals surface area contributed by atoms with E-state index in [2.05, 4.69) is 20.9 Å². The molecule has 1 aromatic heterocycles. The van der Waals surface area contributed by atoms with E-state index in [1.165, 1.54) is 0 Å². The standard InChI is InChI=1S/C20H28N4O3.HI/c1-16-6-3-7-17(14-16)19(25)22-10-11-24-20(21-2)23-9-5-12-26-15-18-8-4-13-27-18;/h3-4,6-8,13-14H,5,9-12,15H2,1-2H3,(H,22,25)(H2,21,23,24);1H. The van der Waals surface area contributed by atoms with E-state index in [-0.39, 0.29) is 29.9 Å². The third-order valence-electron chi connectivity index (χ3n) is 3.79. The SMILES string of the molecule is CN=C(NCCCOCc1ccco1)NCCNC(=O)c1cccc(C)c1.I. The monoisotopic (exact) mass is 500 g/mol. The molecule has 0 aliphatic heterocycles. The van der Waals surface area contributed by atoms with E-state index >= 15 is 0 Å². The predicted molar refractivity (Wildman–Crippen MR) is 121 cm³/mol. The number of nitrogens with zero attached hydrogens (tertiary/aromatic N) is 1. The van der Waals surface area contributed by atoms with Crippen molar-refractivity contribution in [1.82, 2.24) is 16.0 Å². The number of ether oxygens (including phenoxy) is 1. The summed E-state index contributed by atoms with van der Waals surface area (Å²) in [6.45, 7) is 4.94. The van der Waals surface area contributed by atoms with Crippen molar-refractivity contribution in [3.8, 4) is 0 Å². The van der Waals surface area contributed by atoms with Crippen molar-refractivity contribution in [3.05, 3.63) is 59.5 Å². The number of rotatable bonds is 10. The van der Waals surface area contributed by atoms with Crippen LogP contribution in [0.4, 0.5) is 0 Å². The number of nitrogens with one attached hydrogen (secondary N) is 3. The van der Waals surface area contributed by atoms with Gasteiger partial charge in [0.1, 0.15) is 12.4 Å². The van der Waals surface area contributed by atoms with E-state index < -0.39 is 0 Å². The van der Waals surface area contributed by atoms with E-state index in [0.29, 0.717) is 37.8 Å². The summed E-state index contributed by atoms with van der Waals surface area (Å²) in [5.74, 6) is 1.45. The summed E-state index contributed by atoms with van der Waals surface area (Å²) in [4.78, 5) is 16.2. The highest BCUT2D eigenvalue weighted by atomic mass is 127. The van der Waals surface area contributed by atoms with E-state index in [0.717, 1.165) is 24.3 Å². The van der Waals surface area contributed by atoms with Crippen molar-refractivity contribution < 1.29 is 13.9 Å². The number of benzene rings is 1. The topological polar surface area (TPSA) is 87.9 Å². The van der Waals surface area contributed by atoms with Crippen molar-refractivity contribution in [3.63, 3.8) is 0 Å². The molecule has 1 heterocycles. The molecule has 0 aliphatic carbocycles. The first-order chi connectivity index (χ1) is 13.2. The number of guanidine groups is 1. The first-order valence-corrected chi connectivity index (χ1v) is 9.08. The lowest BCUT2D eigenvalue weighted by molar-refractivity contribution is 0.0954. The number of hydrogen-bond acceptors (Lipinski definition) is 4. The molecule has 0 unspecified atom stereocenters. The zero-order valence-electron chi connectivity index (χ0n) is 16.4. The van der Waals surface area contributed by atoms with E-state index in [1.807, 2.05) is 43.3 Å². The first kappa shape index (κ1) is 24.0. The highest BCUT2D eigenvalue weighted by molar-refractivity contribution is 14.0. The minimum absolute atomic E-state index is 0. The van der Waals surface area contributed by atoms with Gasteiger partial charge >= 0.3 is 0 Å². The Morgan fingerprint density at radius 1 is 1.11 bits per heavy atom. The van der Waals surface area contributed by atoms with Crippen LogP contribution in [0.2, 0.25) is 0 Å². The molecule has 0 bridgehead atoms. The predicted octanol–water partition coefficient (Wildman–Crippen LogP) is 2.71. The molecule has 0 saturated heterocycles. The fourth-order valence-electron chi connectivity index (χ4n) is 2.41. The summed E-state index contributed by atoms with van der Waals surface area (Å²) in [5, 5.41) is 9.27. The molecule has 3 N–H and O–H groups in total. The molecule has 1 aromatic carbocycles. The Bertz CT molecular complexity index is 720. The molecule has 0 spiro atoms. The Hall–Kier alpha value is -2.07. The average molecular weight is 500 g/mol. The summed E-state index contributed by atoms with van der Waals surface area (Å²) < 4.78 is 10.7. The van der Waals surface area contributed by atoms with Crippen molar-refractivity contribution in [2.24, 2.45) is 4.99 Å². The molecule has 0 atom stereocenters. The molecule has 1 amide bonds. The summed E-state index contributed by atoms with van der Waals surface area (Å²) in [6, 6.07) is 11.3. The second-order valence-electron chi connectivity index (χ2n) is 6.04. The number of furan rings is 1. The van der Waals surface area contributed by atoms with Gasteiger partial charge in [-0.15, -0.1) is 24.0 Å². The van der Waals surface area contributed by atoms with Crippen molar-refractivity contribution in [2.45, 2.75) is 20.0 Å². The van der Waals surface area contributed by atoms with Crippen molar-refractivity contribution in [1.29, 1.82) is 0 Å². The maximum absolute atomic E-state index is 12.1. The zero-order valence-corrected chi connectivity index (χ0v) is 18.7. The van der Waals surface area contributed by atoms with Gasteiger partial charge in [-0.2, -0.15) is 0 Å². The number of amides is 1. The molecule has 0 radical (unpaired) electrons.